The van der Waals surface area contributed by atoms with Crippen LogP contribution in [0.2, 0.25) is 0 Å². The number of unbranched alkanes of at least 4 members (excludes halogenated alkanes) is 1. The molecule has 10 atom stereocenters. The molecule has 10 aromatic rings. The van der Waals surface area contributed by atoms with Crippen molar-refractivity contribution in [2.45, 2.75) is 203 Å². The van der Waals surface area contributed by atoms with Crippen molar-refractivity contribution >= 4 is 59.7 Å². The van der Waals surface area contributed by atoms with E-state index in [2.05, 4.69) is 13.8 Å². The summed E-state index contributed by atoms with van der Waals surface area (Å²) in [5.74, 6) is -4.02. The van der Waals surface area contributed by atoms with Gasteiger partial charge in [-0.05, 0) is 210 Å². The topological polar surface area (TPSA) is 263 Å². The van der Waals surface area contributed by atoms with Crippen molar-refractivity contribution in [3.8, 4) is 0 Å². The van der Waals surface area contributed by atoms with Gasteiger partial charge in [-0.2, -0.15) is 0 Å². The van der Waals surface area contributed by atoms with Crippen LogP contribution in [-0.4, -0.2) is 121 Å². The number of benzene rings is 10. The van der Waals surface area contributed by atoms with Crippen molar-refractivity contribution in [1.82, 2.24) is 0 Å². The molecule has 0 aliphatic heterocycles. The van der Waals surface area contributed by atoms with Crippen molar-refractivity contribution in [3.05, 3.63) is 359 Å². The van der Waals surface area contributed by atoms with Gasteiger partial charge in [0.15, 0.2) is 0 Å². The average molecular weight is 1700 g/mol. The molecule has 0 spiro atoms. The van der Waals surface area contributed by atoms with Gasteiger partial charge in [-0.25, -0.2) is 47.9 Å². The minimum atomic E-state index is -0.378. The van der Waals surface area contributed by atoms with E-state index in [4.69, 9.17) is 47.4 Å². The van der Waals surface area contributed by atoms with E-state index < -0.39 is 0 Å². The van der Waals surface area contributed by atoms with Crippen molar-refractivity contribution < 1.29 is 95.3 Å². The summed E-state index contributed by atoms with van der Waals surface area (Å²) >= 11 is 0. The van der Waals surface area contributed by atoms with Crippen molar-refractivity contribution in [3.63, 3.8) is 0 Å². The summed E-state index contributed by atoms with van der Waals surface area (Å²) in [6, 6.07) is 88.7. The van der Waals surface area contributed by atoms with E-state index in [0.717, 1.165) is 38.5 Å². The van der Waals surface area contributed by atoms with Gasteiger partial charge in [0.1, 0.15) is 61.0 Å². The predicted molar refractivity (Wildman–Crippen MR) is 482 cm³/mol. The summed E-state index contributed by atoms with van der Waals surface area (Å²) in [7, 11) is 0. The third kappa shape index (κ3) is 35.7. The average Bonchev–Trinajstić information content (AvgIpc) is 0.862. The summed E-state index contributed by atoms with van der Waals surface area (Å²) < 4.78 is 55.4. The fourth-order valence-corrected chi connectivity index (χ4v) is 13.3. The highest BCUT2D eigenvalue weighted by Gasteiger charge is 2.33. The maximum absolute atomic E-state index is 12.4. The molecule has 125 heavy (non-hydrogen) atoms. The molecule has 660 valence electrons. The van der Waals surface area contributed by atoms with Crippen LogP contribution < -0.4 is 0 Å². The van der Waals surface area contributed by atoms with Gasteiger partial charge >= 0.3 is 59.7 Å². The van der Waals surface area contributed by atoms with Gasteiger partial charge in [-0.3, -0.25) is 0 Å². The van der Waals surface area contributed by atoms with Crippen LogP contribution >= 0.6 is 0 Å². The first-order chi connectivity index (χ1) is 60.1. The molecule has 0 N–H and O–H groups in total. The molecule has 0 aromatic heterocycles. The van der Waals surface area contributed by atoms with Gasteiger partial charge in [0.2, 0.25) is 0 Å². The Bertz CT molecular complexity index is 4520. The fraction of sp³-hybridized carbons (Fsp3) is 0.333. The van der Waals surface area contributed by atoms with E-state index in [1.807, 2.05) is 116 Å². The standard InChI is InChI=1S/C23H28O4.C22H26O4.C21H24O4.C20H22O4.C19H20O4/c1-4-5-16-21(17(2)26-22(24)19-12-8-6-9-13-19)18(3)27-23(25)20-14-10-7-11-15-20;1-4-11-20(16(2)25-21(23)18-12-7-5-8-13-18)17(3)26-22(24)19-14-9-6-10-15-19;1-4-19(15(2)24-20(22)17-11-7-5-8-12-17)16(3)25-21(23)18-13-9-6-10-14-18;1-14(15(2)23-19(21)17-10-6-4-7-11-17)16(3)24-20(22)18-12-8-5-9-13-18;1-14(22-18(20)16-9-5-3-6-10-16)13-15(2)23-19(21)17-11-7-4-8-12-17/h6-15,17-18,21H,4-5,16H2,1-3H3;5-10,12-17,20H,4,11H2,1-3H3;5-16,19H,4H2,1-3H3;4-16H,1-3H3;3-12,14-15H,13H2,1-2H3. The van der Waals surface area contributed by atoms with Crippen LogP contribution in [0.15, 0.2) is 303 Å². The molecule has 0 aliphatic rings. The van der Waals surface area contributed by atoms with Crippen LogP contribution in [-0.2, 0) is 47.4 Å². The number of hydrogen-bond donors (Lipinski definition) is 0. The zero-order valence-electron chi connectivity index (χ0n) is 74.1. The first kappa shape index (κ1) is 101. The maximum atomic E-state index is 12.4. The zero-order chi connectivity index (χ0) is 91.0. The predicted octanol–water partition coefficient (Wildman–Crippen LogP) is 22.7. The van der Waals surface area contributed by atoms with Crippen LogP contribution in [0.1, 0.15) is 245 Å². The Labute approximate surface area is 736 Å². The largest absolute Gasteiger partial charge is 0.459 e. The van der Waals surface area contributed by atoms with Gasteiger partial charge in [0, 0.05) is 30.1 Å². The van der Waals surface area contributed by atoms with Crippen molar-refractivity contribution in [1.29, 1.82) is 0 Å². The molecule has 0 heterocycles. The zero-order valence-corrected chi connectivity index (χ0v) is 74.1. The summed E-state index contributed by atoms with van der Waals surface area (Å²) in [6.07, 6.45) is 2.08. The molecular formula is C105H120O20. The van der Waals surface area contributed by atoms with E-state index in [1.54, 1.807) is 270 Å². The number of esters is 10. The molecule has 10 rings (SSSR count). The number of carbonyl (C=O) groups is 10. The Hall–Kier alpha value is -13.1. The monoisotopic (exact) mass is 1700 g/mol. The molecule has 20 heteroatoms. The van der Waals surface area contributed by atoms with Gasteiger partial charge in [0.25, 0.3) is 0 Å². The summed E-state index contributed by atoms with van der Waals surface area (Å²) in [5, 5.41) is 0. The highest BCUT2D eigenvalue weighted by atomic mass is 16.6. The third-order valence-electron chi connectivity index (χ3n) is 20.8. The minimum absolute atomic E-state index is 0.0646. The Morgan fingerprint density at radius 1 is 0.200 bits per heavy atom. The molecule has 0 amide bonds. The van der Waals surface area contributed by atoms with E-state index in [-0.39, 0.29) is 144 Å². The van der Waals surface area contributed by atoms with E-state index in [9.17, 15) is 47.9 Å². The van der Waals surface area contributed by atoms with E-state index in [1.165, 1.54) is 0 Å². The van der Waals surface area contributed by atoms with Crippen molar-refractivity contribution in [2.24, 2.45) is 23.7 Å². The molecule has 0 radical (unpaired) electrons. The second kappa shape index (κ2) is 55.1. The van der Waals surface area contributed by atoms with Crippen molar-refractivity contribution in [2.75, 3.05) is 0 Å². The lowest BCUT2D eigenvalue weighted by atomic mass is 9.91. The highest BCUT2D eigenvalue weighted by molar-refractivity contribution is 5.94. The third-order valence-corrected chi connectivity index (χ3v) is 20.8. The summed E-state index contributed by atoms with van der Waals surface area (Å²) in [5.41, 5.74) is 5.13. The minimum Gasteiger partial charge on any atom is -0.459 e. The molecule has 0 bridgehead atoms. The highest BCUT2D eigenvalue weighted by Crippen LogP contribution is 2.28. The molecule has 0 saturated heterocycles. The Morgan fingerprint density at radius 2 is 0.360 bits per heavy atom. The fourth-order valence-electron chi connectivity index (χ4n) is 13.3. The van der Waals surface area contributed by atoms with E-state index in [0.29, 0.717) is 62.1 Å². The Balaban J connectivity index is 0.000000242. The van der Waals surface area contributed by atoms with Gasteiger partial charge in [-0.1, -0.05) is 229 Å². The molecule has 0 fully saturated rings. The van der Waals surface area contributed by atoms with Gasteiger partial charge in [0.05, 0.1) is 55.6 Å². The number of carbonyl (C=O) groups excluding carboxylic acids is 10. The normalized spacial score (nSPS) is 13.9. The van der Waals surface area contributed by atoms with Gasteiger partial charge < -0.3 is 47.4 Å². The van der Waals surface area contributed by atoms with Gasteiger partial charge in [-0.15, -0.1) is 0 Å². The van der Waals surface area contributed by atoms with Crippen LogP contribution in [0.3, 0.4) is 0 Å². The Morgan fingerprint density at radius 3 is 0.528 bits per heavy atom. The molecule has 0 saturated carbocycles. The Kier molecular flexibility index (Phi) is 44.4. The summed E-state index contributed by atoms with van der Waals surface area (Å²) in [4.78, 5) is 122. The lowest BCUT2D eigenvalue weighted by molar-refractivity contribution is -0.0264. The van der Waals surface area contributed by atoms with E-state index >= 15 is 0 Å². The number of ether oxygens (including phenoxy) is 10. The second-order valence-corrected chi connectivity index (χ2v) is 30.4. The molecule has 10 unspecified atom stereocenters. The quantitative estimate of drug-likeness (QED) is 0.0261. The van der Waals surface area contributed by atoms with Crippen LogP contribution in [0.4, 0.5) is 0 Å². The summed E-state index contributed by atoms with van der Waals surface area (Å²) in [6.45, 7) is 26.4. The molecule has 20 nitrogen and oxygen atoms in total. The van der Waals surface area contributed by atoms with Crippen LogP contribution in [0, 0.1) is 23.7 Å². The first-order valence-electron chi connectivity index (χ1n) is 42.7. The number of hydrogen-bond acceptors (Lipinski definition) is 20. The van der Waals surface area contributed by atoms with Crippen LogP contribution in [0.25, 0.3) is 0 Å². The van der Waals surface area contributed by atoms with Crippen LogP contribution in [0.5, 0.6) is 0 Å². The molecule has 10 aromatic carbocycles. The smallest absolute Gasteiger partial charge is 0.338 e. The maximum Gasteiger partial charge on any atom is 0.338 e. The SMILES string of the molecule is CC(CC(C)OC(=O)c1ccccc1)OC(=O)c1ccccc1.CC(OC(=O)c1ccccc1)C(C)C(C)OC(=O)c1ccccc1.CCC(C(C)OC(=O)c1ccccc1)C(C)OC(=O)c1ccccc1.CCCC(C(C)OC(=O)c1ccccc1)C(C)OC(=O)c1ccccc1.CCCCC(C(C)OC(=O)c1ccccc1)C(C)OC(=O)c1ccccc1. The lowest BCUT2D eigenvalue weighted by Crippen LogP contribution is -2.35. The lowest BCUT2D eigenvalue weighted by Gasteiger charge is -2.29. The molecule has 0 aliphatic carbocycles. The molecular weight excluding hydrogens is 1580 g/mol. The number of rotatable bonds is 36. The first-order valence-corrected chi connectivity index (χ1v) is 42.7. The second-order valence-electron chi connectivity index (χ2n) is 30.4.